The van der Waals surface area contributed by atoms with Gasteiger partial charge in [-0.15, -0.1) is 11.6 Å². The topological polar surface area (TPSA) is 32.8 Å². The van der Waals surface area contributed by atoms with Crippen molar-refractivity contribution < 1.29 is 9.84 Å². The highest BCUT2D eigenvalue weighted by molar-refractivity contribution is 6.18. The van der Waals surface area contributed by atoms with Gasteiger partial charge >= 0.3 is 0 Å². The lowest BCUT2D eigenvalue weighted by Crippen LogP contribution is -2.03. The van der Waals surface area contributed by atoms with Gasteiger partial charge in [-0.3, -0.25) is 0 Å². The number of halogens is 1. The van der Waals surface area contributed by atoms with Crippen molar-refractivity contribution in [1.29, 1.82) is 0 Å². The van der Waals surface area contributed by atoms with Gasteiger partial charge in [0.25, 0.3) is 0 Å². The molecule has 0 amide bonds. The Labute approximate surface area is 66.1 Å². The highest BCUT2D eigenvalue weighted by Crippen LogP contribution is 2.27. The predicted molar refractivity (Wildman–Crippen MR) is 40.3 cm³/mol. The maximum Gasteiger partial charge on any atom is 0.0976 e. The van der Waals surface area contributed by atoms with E-state index < -0.39 is 0 Å². The molecule has 2 nitrogen and oxygen atoms in total. The Morgan fingerprint density at radius 3 is 2.70 bits per heavy atom. The van der Waals surface area contributed by atoms with Crippen LogP contribution in [0.25, 0.3) is 0 Å². The summed E-state index contributed by atoms with van der Waals surface area (Å²) in [7, 11) is 0. The zero-order valence-electron chi connectivity index (χ0n) is 6.09. The molecule has 0 aromatic heterocycles. The van der Waals surface area contributed by atoms with E-state index in [-0.39, 0.29) is 12.2 Å². The van der Waals surface area contributed by atoms with Gasteiger partial charge in [0, 0.05) is 0 Å². The molecule has 1 saturated heterocycles. The normalized spacial score (nSPS) is 33.9. The molecule has 3 atom stereocenters. The van der Waals surface area contributed by atoms with E-state index in [4.69, 9.17) is 21.4 Å². The van der Waals surface area contributed by atoms with Crippen LogP contribution >= 0.6 is 11.6 Å². The van der Waals surface area contributed by atoms with Crippen molar-refractivity contribution in [3.63, 3.8) is 0 Å². The van der Waals surface area contributed by atoms with Crippen LogP contribution in [0.4, 0.5) is 0 Å². The fraction of sp³-hybridized carbons (Fsp3) is 1.00. The van der Waals surface area contributed by atoms with E-state index in [9.17, 15) is 0 Å². The van der Waals surface area contributed by atoms with Gasteiger partial charge in [0.15, 0.2) is 0 Å². The summed E-state index contributed by atoms with van der Waals surface area (Å²) in [5, 5.41) is 8.90. The zero-order chi connectivity index (χ0) is 7.56. The van der Waals surface area contributed by atoms with Crippen molar-refractivity contribution in [1.82, 2.24) is 0 Å². The fourth-order valence-electron chi connectivity index (χ4n) is 0.974. The summed E-state index contributed by atoms with van der Waals surface area (Å²) in [5.74, 6) is 0.588. The fourth-order valence-corrected chi connectivity index (χ4v) is 1.25. The lowest BCUT2D eigenvalue weighted by atomic mass is 10.1. The van der Waals surface area contributed by atoms with Gasteiger partial charge in [0.2, 0.25) is 0 Å². The first-order chi connectivity index (χ1) is 4.74. The maximum absolute atomic E-state index is 8.90. The van der Waals surface area contributed by atoms with Crippen molar-refractivity contribution in [2.75, 3.05) is 5.88 Å². The number of aliphatic hydroxyl groups is 1. The Hall–Kier alpha value is 0.210. The number of aliphatic hydroxyl groups excluding tert-OH is 1. The molecule has 10 heavy (non-hydrogen) atoms. The van der Waals surface area contributed by atoms with E-state index in [0.29, 0.717) is 12.0 Å². The summed E-state index contributed by atoms with van der Waals surface area (Å²) in [5.41, 5.74) is 0. The summed E-state index contributed by atoms with van der Waals surface area (Å²) in [6.07, 6.45) is 2.14. The van der Waals surface area contributed by atoms with Crippen LogP contribution in [-0.2, 0) is 4.74 Å². The minimum Gasteiger partial charge on any atom is -0.393 e. The first kappa shape index (κ1) is 8.31. The molecule has 1 rings (SSSR count). The average molecular weight is 165 g/mol. The second-order valence-corrected chi connectivity index (χ2v) is 3.10. The summed E-state index contributed by atoms with van der Waals surface area (Å²) >= 11 is 5.52. The van der Waals surface area contributed by atoms with Gasteiger partial charge < -0.3 is 9.84 Å². The summed E-state index contributed by atoms with van der Waals surface area (Å²) in [6, 6.07) is 0. The number of hydrogen-bond donors (Lipinski definition) is 1. The molecular formula is C7H13ClO2. The third kappa shape index (κ3) is 2.45. The quantitative estimate of drug-likeness (QED) is 0.500. The lowest BCUT2D eigenvalue weighted by molar-refractivity contribution is 0.176. The number of hydrogen-bond acceptors (Lipinski definition) is 2. The number of epoxide rings is 1. The first-order valence-electron chi connectivity index (χ1n) is 3.63. The Kier molecular flexibility index (Phi) is 2.96. The second-order valence-electron chi connectivity index (χ2n) is 2.79. The molecule has 0 radical (unpaired) electrons. The Morgan fingerprint density at radius 2 is 2.30 bits per heavy atom. The Balaban J connectivity index is 1.96. The molecule has 1 aliphatic heterocycles. The predicted octanol–water partition coefficient (Wildman–Crippen LogP) is 1.15. The maximum atomic E-state index is 8.90. The smallest absolute Gasteiger partial charge is 0.0976 e. The van der Waals surface area contributed by atoms with E-state index in [1.807, 2.05) is 0 Å². The first-order valence-corrected chi connectivity index (χ1v) is 4.17. The Bertz CT molecular complexity index is 106. The molecule has 2 unspecified atom stereocenters. The highest BCUT2D eigenvalue weighted by Gasteiger charge is 2.37. The van der Waals surface area contributed by atoms with Crippen LogP contribution in [0.3, 0.4) is 0 Å². The monoisotopic (exact) mass is 164 g/mol. The molecule has 0 bridgehead atoms. The minimum absolute atomic E-state index is 0.208. The van der Waals surface area contributed by atoms with Crippen molar-refractivity contribution in [3.05, 3.63) is 0 Å². The molecule has 0 aromatic carbocycles. The molecule has 60 valence electrons. The van der Waals surface area contributed by atoms with Gasteiger partial charge in [-0.2, -0.15) is 0 Å². The number of alkyl halides is 1. The van der Waals surface area contributed by atoms with E-state index >= 15 is 0 Å². The molecular weight excluding hydrogens is 152 g/mol. The number of ether oxygens (including phenoxy) is 1. The minimum atomic E-state index is -0.208. The van der Waals surface area contributed by atoms with Gasteiger partial charge in [-0.25, -0.2) is 0 Å². The van der Waals surface area contributed by atoms with Crippen LogP contribution in [0.2, 0.25) is 0 Å². The van der Waals surface area contributed by atoms with Crippen molar-refractivity contribution in [3.8, 4) is 0 Å². The van der Waals surface area contributed by atoms with Crippen LogP contribution in [0.5, 0.6) is 0 Å². The molecule has 0 spiro atoms. The van der Waals surface area contributed by atoms with E-state index in [0.717, 1.165) is 12.8 Å². The van der Waals surface area contributed by atoms with Crippen molar-refractivity contribution >= 4 is 11.6 Å². The third-order valence-electron chi connectivity index (χ3n) is 1.71. The molecule has 1 heterocycles. The van der Waals surface area contributed by atoms with Crippen molar-refractivity contribution in [2.45, 2.75) is 38.1 Å². The zero-order valence-corrected chi connectivity index (χ0v) is 6.84. The van der Waals surface area contributed by atoms with Crippen LogP contribution in [0.1, 0.15) is 19.8 Å². The van der Waals surface area contributed by atoms with E-state index in [1.165, 1.54) is 0 Å². The SMILES string of the molecule is CC(O)CCC1O[C@@H]1CCl. The van der Waals surface area contributed by atoms with Crippen LogP contribution < -0.4 is 0 Å². The molecule has 1 fully saturated rings. The third-order valence-corrected chi connectivity index (χ3v) is 2.01. The Morgan fingerprint density at radius 1 is 1.60 bits per heavy atom. The van der Waals surface area contributed by atoms with Gasteiger partial charge in [-0.1, -0.05) is 0 Å². The van der Waals surface area contributed by atoms with Crippen LogP contribution in [-0.4, -0.2) is 29.3 Å². The van der Waals surface area contributed by atoms with Crippen LogP contribution in [0, 0.1) is 0 Å². The molecule has 0 aromatic rings. The summed E-state index contributed by atoms with van der Waals surface area (Å²) < 4.78 is 5.17. The summed E-state index contributed by atoms with van der Waals surface area (Å²) in [6.45, 7) is 1.79. The summed E-state index contributed by atoms with van der Waals surface area (Å²) in [4.78, 5) is 0. The second kappa shape index (κ2) is 3.56. The lowest BCUT2D eigenvalue weighted by Gasteiger charge is -1.99. The molecule has 0 saturated carbocycles. The molecule has 0 aliphatic carbocycles. The van der Waals surface area contributed by atoms with Gasteiger partial charge in [-0.05, 0) is 19.8 Å². The van der Waals surface area contributed by atoms with Gasteiger partial charge in [0.05, 0.1) is 24.2 Å². The standard InChI is InChI=1S/C7H13ClO2/c1-5(9)2-3-6-7(4-8)10-6/h5-7,9H,2-4H2,1H3/t5?,6?,7-/m1/s1. The van der Waals surface area contributed by atoms with E-state index in [2.05, 4.69) is 0 Å². The van der Waals surface area contributed by atoms with Gasteiger partial charge in [0.1, 0.15) is 0 Å². The molecule has 1 N–H and O–H groups in total. The van der Waals surface area contributed by atoms with Crippen molar-refractivity contribution in [2.24, 2.45) is 0 Å². The molecule has 1 aliphatic rings. The highest BCUT2D eigenvalue weighted by atomic mass is 35.5. The van der Waals surface area contributed by atoms with Crippen LogP contribution in [0.15, 0.2) is 0 Å². The average Bonchev–Trinajstić information content (AvgIpc) is 2.61. The van der Waals surface area contributed by atoms with E-state index in [1.54, 1.807) is 6.92 Å². The largest absolute Gasteiger partial charge is 0.393 e. The number of rotatable bonds is 4. The molecule has 3 heteroatoms.